The summed E-state index contributed by atoms with van der Waals surface area (Å²) in [6, 6.07) is 5.83. The summed E-state index contributed by atoms with van der Waals surface area (Å²) >= 11 is 0. The Hall–Kier alpha value is -1.98. The van der Waals surface area contributed by atoms with Crippen molar-refractivity contribution in [2.75, 3.05) is 13.6 Å². The molecule has 0 bridgehead atoms. The first-order valence-electron chi connectivity index (χ1n) is 8.58. The molecule has 0 unspecified atom stereocenters. The van der Waals surface area contributed by atoms with Gasteiger partial charge in [0.05, 0.1) is 5.69 Å². The molecule has 6 nitrogen and oxygen atoms in total. The molecule has 2 rings (SSSR count). The van der Waals surface area contributed by atoms with Crippen molar-refractivity contribution in [3.8, 4) is 5.75 Å². The molecule has 10 heteroatoms. The van der Waals surface area contributed by atoms with Crippen molar-refractivity contribution in [2.24, 2.45) is 4.99 Å². The minimum absolute atomic E-state index is 0. The lowest BCUT2D eigenvalue weighted by Gasteiger charge is -2.15. The number of nitrogens with one attached hydrogen (secondary N) is 2. The Labute approximate surface area is 179 Å². The highest BCUT2D eigenvalue weighted by Crippen LogP contribution is 2.23. The van der Waals surface area contributed by atoms with Gasteiger partial charge in [0.15, 0.2) is 5.96 Å². The summed E-state index contributed by atoms with van der Waals surface area (Å²) < 4.78 is 45.2. The molecule has 0 amide bonds. The molecule has 0 saturated heterocycles. The van der Waals surface area contributed by atoms with Gasteiger partial charge in [0.25, 0.3) is 0 Å². The van der Waals surface area contributed by atoms with Gasteiger partial charge in [0.2, 0.25) is 0 Å². The van der Waals surface area contributed by atoms with Crippen molar-refractivity contribution in [1.29, 1.82) is 0 Å². The van der Waals surface area contributed by atoms with Crippen LogP contribution in [0.2, 0.25) is 0 Å². The van der Waals surface area contributed by atoms with Crippen molar-refractivity contribution in [2.45, 2.75) is 40.0 Å². The fraction of sp³-hybridized carbons (Fsp3) is 0.444. The van der Waals surface area contributed by atoms with E-state index in [0.29, 0.717) is 12.5 Å². The Balaban J connectivity index is 0.00000392. The van der Waals surface area contributed by atoms with Crippen LogP contribution in [0, 0.1) is 19.7 Å². The van der Waals surface area contributed by atoms with Crippen LogP contribution in [-0.4, -0.2) is 35.9 Å². The minimum Gasteiger partial charge on any atom is -0.434 e. The highest BCUT2D eigenvalue weighted by molar-refractivity contribution is 14.0. The summed E-state index contributed by atoms with van der Waals surface area (Å²) in [5.74, 6) is -0.382. The second-order valence-corrected chi connectivity index (χ2v) is 5.95. The third kappa shape index (κ3) is 7.21. The topological polar surface area (TPSA) is 63.5 Å². The quantitative estimate of drug-likeness (QED) is 0.246. The van der Waals surface area contributed by atoms with Crippen molar-refractivity contribution >= 4 is 29.9 Å². The molecule has 0 spiro atoms. The Morgan fingerprint density at radius 2 is 2.04 bits per heavy atom. The van der Waals surface area contributed by atoms with E-state index in [9.17, 15) is 13.2 Å². The summed E-state index contributed by atoms with van der Waals surface area (Å²) in [4.78, 5) is 4.05. The standard InChI is InChI=1S/C18H24F3N5O.HI/c1-12-10-13(2)26(25-12)9-5-8-23-18(22-3)24-11-14-15(19)6-4-7-16(14)27-17(20)21;/h4,6-7,10,17H,5,8-9,11H2,1-3H3,(H2,22,23,24);1H. The van der Waals surface area contributed by atoms with Crippen LogP contribution < -0.4 is 15.4 Å². The van der Waals surface area contributed by atoms with Gasteiger partial charge in [0, 0.05) is 37.9 Å². The lowest BCUT2D eigenvalue weighted by atomic mass is 10.2. The van der Waals surface area contributed by atoms with Crippen LogP contribution in [0.4, 0.5) is 13.2 Å². The highest BCUT2D eigenvalue weighted by Gasteiger charge is 2.14. The predicted octanol–water partition coefficient (Wildman–Crippen LogP) is 3.61. The van der Waals surface area contributed by atoms with E-state index in [-0.39, 0.29) is 41.8 Å². The number of nitrogens with zero attached hydrogens (tertiary/aromatic N) is 3. The fourth-order valence-corrected chi connectivity index (χ4v) is 2.65. The zero-order valence-electron chi connectivity index (χ0n) is 16.0. The molecular formula is C18H25F3IN5O. The molecule has 1 aromatic heterocycles. The zero-order valence-corrected chi connectivity index (χ0v) is 18.3. The number of aryl methyl sites for hydroxylation is 3. The lowest BCUT2D eigenvalue weighted by Crippen LogP contribution is -2.37. The van der Waals surface area contributed by atoms with E-state index in [2.05, 4.69) is 25.5 Å². The Kier molecular flexibility index (Phi) is 10.1. The van der Waals surface area contributed by atoms with E-state index in [1.165, 1.54) is 18.2 Å². The monoisotopic (exact) mass is 511 g/mol. The number of benzene rings is 1. The number of aliphatic imine (C=N–C) groups is 1. The highest BCUT2D eigenvalue weighted by atomic mass is 127. The van der Waals surface area contributed by atoms with Gasteiger partial charge >= 0.3 is 6.61 Å². The molecule has 0 aliphatic carbocycles. The summed E-state index contributed by atoms with van der Waals surface area (Å²) in [7, 11) is 1.58. The average Bonchev–Trinajstić information content (AvgIpc) is 2.93. The molecule has 0 aliphatic heterocycles. The van der Waals surface area contributed by atoms with Crippen molar-refractivity contribution in [3.05, 3.63) is 47.0 Å². The largest absolute Gasteiger partial charge is 0.434 e. The number of rotatable bonds is 8. The van der Waals surface area contributed by atoms with E-state index in [1.54, 1.807) is 7.05 Å². The van der Waals surface area contributed by atoms with Gasteiger partial charge in [-0.25, -0.2) is 4.39 Å². The second kappa shape index (κ2) is 11.8. The van der Waals surface area contributed by atoms with Crippen LogP contribution in [0.3, 0.4) is 0 Å². The number of hydrogen-bond acceptors (Lipinski definition) is 3. The molecule has 2 N–H and O–H groups in total. The van der Waals surface area contributed by atoms with Crippen molar-refractivity contribution in [1.82, 2.24) is 20.4 Å². The van der Waals surface area contributed by atoms with Crippen molar-refractivity contribution < 1.29 is 17.9 Å². The molecule has 28 heavy (non-hydrogen) atoms. The second-order valence-electron chi connectivity index (χ2n) is 5.95. The van der Waals surface area contributed by atoms with Gasteiger partial charge in [-0.1, -0.05) is 6.07 Å². The van der Waals surface area contributed by atoms with Crippen LogP contribution >= 0.6 is 24.0 Å². The van der Waals surface area contributed by atoms with Crippen molar-refractivity contribution in [3.63, 3.8) is 0 Å². The van der Waals surface area contributed by atoms with Gasteiger partial charge < -0.3 is 15.4 Å². The number of ether oxygens (including phenoxy) is 1. The predicted molar refractivity (Wildman–Crippen MR) is 113 cm³/mol. The minimum atomic E-state index is -3.02. The third-order valence-corrected chi connectivity index (χ3v) is 3.89. The van der Waals surface area contributed by atoms with Gasteiger partial charge in [0.1, 0.15) is 11.6 Å². The molecule has 0 atom stereocenters. The normalized spacial score (nSPS) is 11.3. The molecule has 1 heterocycles. The van der Waals surface area contributed by atoms with Crippen LogP contribution in [-0.2, 0) is 13.1 Å². The Morgan fingerprint density at radius 1 is 1.29 bits per heavy atom. The smallest absolute Gasteiger partial charge is 0.387 e. The maximum Gasteiger partial charge on any atom is 0.387 e. The Morgan fingerprint density at radius 3 is 2.64 bits per heavy atom. The van der Waals surface area contributed by atoms with Crippen LogP contribution in [0.15, 0.2) is 29.3 Å². The number of guanidine groups is 1. The molecule has 1 aromatic carbocycles. The molecule has 0 saturated carbocycles. The summed E-state index contributed by atoms with van der Waals surface area (Å²) in [5.41, 5.74) is 2.09. The number of alkyl halides is 2. The first-order chi connectivity index (χ1) is 12.9. The number of hydrogen-bond donors (Lipinski definition) is 2. The van der Waals surface area contributed by atoms with Gasteiger partial charge in [-0.3, -0.25) is 9.67 Å². The molecule has 2 aromatic rings. The zero-order chi connectivity index (χ0) is 19.8. The maximum atomic E-state index is 14.0. The molecule has 0 radical (unpaired) electrons. The van der Waals surface area contributed by atoms with Crippen LogP contribution in [0.1, 0.15) is 23.4 Å². The van der Waals surface area contributed by atoms with E-state index >= 15 is 0 Å². The van der Waals surface area contributed by atoms with Crippen LogP contribution in [0.25, 0.3) is 0 Å². The van der Waals surface area contributed by atoms with Gasteiger partial charge in [-0.2, -0.15) is 13.9 Å². The Bertz CT molecular complexity index is 783. The lowest BCUT2D eigenvalue weighted by molar-refractivity contribution is -0.0506. The number of halogens is 4. The van der Waals surface area contributed by atoms with Gasteiger partial charge in [-0.05, 0) is 38.5 Å². The average molecular weight is 511 g/mol. The molecule has 156 valence electrons. The summed E-state index contributed by atoms with van der Waals surface area (Å²) in [6.07, 6.45) is 0.808. The fourth-order valence-electron chi connectivity index (χ4n) is 2.65. The molecule has 0 aliphatic rings. The van der Waals surface area contributed by atoms with E-state index in [4.69, 9.17) is 0 Å². The van der Waals surface area contributed by atoms with E-state index in [1.807, 2.05) is 24.6 Å². The summed E-state index contributed by atoms with van der Waals surface area (Å²) in [5, 5.41) is 10.4. The molecular weight excluding hydrogens is 486 g/mol. The van der Waals surface area contributed by atoms with Crippen LogP contribution in [0.5, 0.6) is 5.75 Å². The van der Waals surface area contributed by atoms with E-state index in [0.717, 1.165) is 24.4 Å². The van der Waals surface area contributed by atoms with E-state index < -0.39 is 12.4 Å². The first kappa shape index (κ1) is 24.1. The summed E-state index contributed by atoms with van der Waals surface area (Å²) in [6.45, 7) is 2.27. The molecule has 0 fully saturated rings. The SMILES string of the molecule is CN=C(NCCCn1nc(C)cc1C)NCc1c(F)cccc1OC(F)F.I. The maximum absolute atomic E-state index is 14.0. The first-order valence-corrected chi connectivity index (χ1v) is 8.58. The van der Waals surface area contributed by atoms with Gasteiger partial charge in [-0.15, -0.1) is 24.0 Å². The third-order valence-electron chi connectivity index (χ3n) is 3.89. The number of aromatic nitrogens is 2.